The molecule has 142 valence electrons. The number of unbranched alkanes of at least 4 members (excludes halogenated alkanes) is 1. The van der Waals surface area contributed by atoms with Crippen molar-refractivity contribution < 1.29 is 14.3 Å². The summed E-state index contributed by atoms with van der Waals surface area (Å²) in [4.78, 5) is 28.4. The predicted octanol–water partition coefficient (Wildman–Crippen LogP) is 1.97. The maximum absolute atomic E-state index is 12.2. The number of nitrogens with zero attached hydrogens (tertiary/aromatic N) is 1. The summed E-state index contributed by atoms with van der Waals surface area (Å²) < 4.78 is 5.49. The van der Waals surface area contributed by atoms with E-state index in [0.717, 1.165) is 24.8 Å². The number of carbonyl (C=O) groups is 2. The monoisotopic (exact) mass is 386 g/mol. The number of nitrogen functional groups attached to an aromatic ring is 1. The third-order valence-corrected chi connectivity index (χ3v) is 5.29. The van der Waals surface area contributed by atoms with Crippen LogP contribution >= 0.6 is 11.3 Å². The van der Waals surface area contributed by atoms with Crippen LogP contribution in [0.3, 0.4) is 0 Å². The summed E-state index contributed by atoms with van der Waals surface area (Å²) >= 11 is 1.41. The Bertz CT molecular complexity index is 805. The maximum Gasteiger partial charge on any atom is 0.220 e. The first kappa shape index (κ1) is 19.2. The minimum absolute atomic E-state index is 0.00541. The predicted molar refractivity (Wildman–Crippen MR) is 103 cm³/mol. The van der Waals surface area contributed by atoms with Crippen LogP contribution < -0.4 is 11.1 Å². The third-order valence-electron chi connectivity index (χ3n) is 4.45. The third kappa shape index (κ3) is 4.99. The van der Waals surface area contributed by atoms with Crippen molar-refractivity contribution in [3.05, 3.63) is 52.0 Å². The molecule has 27 heavy (non-hydrogen) atoms. The molecular weight excluding hydrogens is 364 g/mol. The maximum atomic E-state index is 12.2. The minimum atomic E-state index is -0.650. The zero-order valence-electron chi connectivity index (χ0n) is 14.8. The van der Waals surface area contributed by atoms with Gasteiger partial charge in [-0.15, -0.1) is 11.3 Å². The van der Waals surface area contributed by atoms with Gasteiger partial charge in [0.2, 0.25) is 5.91 Å². The number of amidine groups is 1. The molecule has 1 saturated heterocycles. The summed E-state index contributed by atoms with van der Waals surface area (Å²) in [5, 5.41) is 12.7. The Morgan fingerprint density at radius 2 is 2.11 bits per heavy atom. The van der Waals surface area contributed by atoms with Crippen LogP contribution in [-0.2, 0) is 20.7 Å². The van der Waals surface area contributed by atoms with E-state index in [1.807, 2.05) is 29.6 Å². The van der Waals surface area contributed by atoms with Gasteiger partial charge in [0.05, 0.1) is 0 Å². The average molecular weight is 386 g/mol. The van der Waals surface area contributed by atoms with Gasteiger partial charge < -0.3 is 15.8 Å². The summed E-state index contributed by atoms with van der Waals surface area (Å²) in [5.41, 5.74) is 7.29. The summed E-state index contributed by atoms with van der Waals surface area (Å²) in [7, 11) is 0. The van der Waals surface area contributed by atoms with Crippen LogP contribution in [0, 0.1) is 5.41 Å². The Balaban J connectivity index is 1.42. The molecule has 2 aromatic rings. The number of aryl methyl sites for hydroxylation is 1. The van der Waals surface area contributed by atoms with E-state index in [2.05, 4.69) is 10.3 Å². The van der Waals surface area contributed by atoms with Crippen molar-refractivity contribution in [2.45, 2.75) is 37.8 Å². The normalized spacial score (nSPS) is 19.2. The lowest BCUT2D eigenvalue weighted by atomic mass is 10.0. The van der Waals surface area contributed by atoms with Gasteiger partial charge in [-0.3, -0.25) is 15.0 Å². The quantitative estimate of drug-likeness (QED) is 0.364. The highest BCUT2D eigenvalue weighted by molar-refractivity contribution is 7.09. The molecule has 0 aliphatic carbocycles. The number of thiazole rings is 1. The van der Waals surface area contributed by atoms with Gasteiger partial charge in [0.1, 0.15) is 29.6 Å². The summed E-state index contributed by atoms with van der Waals surface area (Å²) in [6.45, 7) is 0.00541. The molecule has 2 atom stereocenters. The summed E-state index contributed by atoms with van der Waals surface area (Å²) in [5.74, 6) is -0.207. The molecular formula is C19H22N4O3S. The number of amides is 1. The van der Waals surface area contributed by atoms with E-state index in [1.165, 1.54) is 11.3 Å². The van der Waals surface area contributed by atoms with Gasteiger partial charge in [0.25, 0.3) is 0 Å². The number of carbonyl (C=O) groups excluding carboxylic acids is 2. The molecule has 1 aromatic heterocycles. The number of nitrogens with two attached hydrogens (primary N) is 1. The fraction of sp³-hybridized carbons (Fsp3) is 0.368. The van der Waals surface area contributed by atoms with Crippen LogP contribution in [0.1, 0.15) is 41.5 Å². The number of aromatic nitrogens is 1. The second kappa shape index (κ2) is 8.88. The standard InChI is InChI=1S/C19H22N4O3S/c20-18(21)13-7-5-12(6-8-13)3-1-2-4-15(25)23-16-14(24)11-26-17(16)19-22-9-10-27-19/h5-10,16-17H,1-4,11H2,(H3,20,21)(H,23,25)/t16-,17?/m1/s1. The smallest absolute Gasteiger partial charge is 0.220 e. The molecule has 2 heterocycles. The minimum Gasteiger partial charge on any atom is -0.384 e. The van der Waals surface area contributed by atoms with E-state index < -0.39 is 12.1 Å². The van der Waals surface area contributed by atoms with E-state index in [-0.39, 0.29) is 24.1 Å². The first-order valence-electron chi connectivity index (χ1n) is 8.81. The molecule has 1 amide bonds. The van der Waals surface area contributed by atoms with Gasteiger partial charge in [0, 0.05) is 23.6 Å². The van der Waals surface area contributed by atoms with Crippen LogP contribution in [0.2, 0.25) is 0 Å². The van der Waals surface area contributed by atoms with E-state index in [0.29, 0.717) is 17.0 Å². The van der Waals surface area contributed by atoms with Crippen LogP contribution in [0.25, 0.3) is 0 Å². The molecule has 1 fully saturated rings. The highest BCUT2D eigenvalue weighted by atomic mass is 32.1. The molecule has 7 nitrogen and oxygen atoms in total. The molecule has 0 saturated carbocycles. The zero-order chi connectivity index (χ0) is 19.2. The number of Topliss-reactive ketones (excluding diaryl/α,β-unsaturated/α-hetero) is 1. The number of ketones is 1. The summed E-state index contributed by atoms with van der Waals surface area (Å²) in [6, 6.07) is 6.90. The zero-order valence-corrected chi connectivity index (χ0v) is 15.6. The highest BCUT2D eigenvalue weighted by Crippen LogP contribution is 2.28. The van der Waals surface area contributed by atoms with Gasteiger partial charge in [-0.25, -0.2) is 4.98 Å². The first-order chi connectivity index (χ1) is 13.0. The van der Waals surface area contributed by atoms with E-state index in [4.69, 9.17) is 15.9 Å². The molecule has 8 heteroatoms. The molecule has 3 rings (SSSR count). The number of benzene rings is 1. The molecule has 1 aliphatic rings. The SMILES string of the molecule is N=C(N)c1ccc(CCCCC(=O)N[C@@H]2C(=O)COC2c2nccs2)cc1. The van der Waals surface area contributed by atoms with Crippen molar-refractivity contribution >= 4 is 28.9 Å². The highest BCUT2D eigenvalue weighted by Gasteiger charge is 2.39. The van der Waals surface area contributed by atoms with Crippen LogP contribution in [0.15, 0.2) is 35.8 Å². The Kier molecular flexibility index (Phi) is 6.31. The topological polar surface area (TPSA) is 118 Å². The van der Waals surface area contributed by atoms with Crippen molar-refractivity contribution in [2.24, 2.45) is 5.73 Å². The van der Waals surface area contributed by atoms with Gasteiger partial charge in [0.15, 0.2) is 5.78 Å². The molecule has 4 N–H and O–H groups in total. The Hall–Kier alpha value is -2.58. The first-order valence-corrected chi connectivity index (χ1v) is 9.69. The van der Waals surface area contributed by atoms with Gasteiger partial charge in [-0.05, 0) is 24.8 Å². The van der Waals surface area contributed by atoms with Gasteiger partial charge >= 0.3 is 0 Å². The molecule has 1 unspecified atom stereocenters. The Morgan fingerprint density at radius 3 is 2.78 bits per heavy atom. The van der Waals surface area contributed by atoms with Crippen molar-refractivity contribution in [3.8, 4) is 0 Å². The average Bonchev–Trinajstić information content (AvgIpc) is 3.30. The molecule has 0 bridgehead atoms. The second-order valence-electron chi connectivity index (χ2n) is 6.43. The van der Waals surface area contributed by atoms with Crippen LogP contribution in [0.5, 0.6) is 0 Å². The fourth-order valence-corrected chi connectivity index (χ4v) is 3.70. The number of ether oxygens (including phenoxy) is 1. The van der Waals surface area contributed by atoms with Crippen LogP contribution in [0.4, 0.5) is 0 Å². The van der Waals surface area contributed by atoms with Gasteiger partial charge in [-0.2, -0.15) is 0 Å². The van der Waals surface area contributed by atoms with Crippen molar-refractivity contribution in [1.82, 2.24) is 10.3 Å². The van der Waals surface area contributed by atoms with E-state index in [1.54, 1.807) is 6.20 Å². The van der Waals surface area contributed by atoms with Gasteiger partial charge in [-0.1, -0.05) is 24.3 Å². The number of rotatable bonds is 8. The number of nitrogens with one attached hydrogen (secondary N) is 2. The second-order valence-corrected chi connectivity index (χ2v) is 7.36. The lowest BCUT2D eigenvalue weighted by molar-refractivity contribution is -0.126. The van der Waals surface area contributed by atoms with E-state index >= 15 is 0 Å². The van der Waals surface area contributed by atoms with Crippen LogP contribution in [-0.4, -0.2) is 35.2 Å². The number of hydrogen-bond acceptors (Lipinski definition) is 6. The lowest BCUT2D eigenvalue weighted by Gasteiger charge is -2.16. The van der Waals surface area contributed by atoms with Crippen molar-refractivity contribution in [2.75, 3.05) is 6.61 Å². The summed E-state index contributed by atoms with van der Waals surface area (Å²) in [6.07, 6.45) is 3.97. The lowest BCUT2D eigenvalue weighted by Crippen LogP contribution is -2.41. The Morgan fingerprint density at radius 1 is 1.33 bits per heavy atom. The van der Waals surface area contributed by atoms with Crippen molar-refractivity contribution in [3.63, 3.8) is 0 Å². The number of hydrogen-bond donors (Lipinski definition) is 3. The van der Waals surface area contributed by atoms with Crippen molar-refractivity contribution in [1.29, 1.82) is 5.41 Å². The molecule has 0 radical (unpaired) electrons. The van der Waals surface area contributed by atoms with E-state index in [9.17, 15) is 9.59 Å². The molecule has 0 spiro atoms. The fourth-order valence-electron chi connectivity index (χ4n) is 2.98. The molecule has 1 aliphatic heterocycles. The molecule has 1 aromatic carbocycles. The Labute approximate surface area is 161 Å². The largest absolute Gasteiger partial charge is 0.384 e.